The Kier molecular flexibility index (Phi) is 5.20. The monoisotopic (exact) mass is 365 g/mol. The van der Waals surface area contributed by atoms with Crippen LogP contribution in [0.15, 0.2) is 22.7 Å². The van der Waals surface area contributed by atoms with Crippen LogP contribution in [0.2, 0.25) is 0 Å². The highest BCUT2D eigenvalue weighted by molar-refractivity contribution is 5.81. The molecule has 26 heavy (non-hydrogen) atoms. The molecule has 2 aromatic rings. The molecule has 0 aliphatic heterocycles. The number of nitrogens with zero attached hydrogens (tertiary/aromatic N) is 2. The van der Waals surface area contributed by atoms with Gasteiger partial charge in [0.15, 0.2) is 23.6 Å². The first-order chi connectivity index (χ1) is 12.4. The van der Waals surface area contributed by atoms with E-state index in [9.17, 15) is 13.6 Å². The Morgan fingerprint density at radius 3 is 2.62 bits per heavy atom. The SMILES string of the molecule is Cc1nc(C2(NC(=O)C(C)Oc3ccc(F)c(F)c3)CCCCC2)no1. The quantitative estimate of drug-likeness (QED) is 0.879. The van der Waals surface area contributed by atoms with Gasteiger partial charge in [-0.05, 0) is 31.9 Å². The molecule has 1 atom stereocenters. The summed E-state index contributed by atoms with van der Waals surface area (Å²) in [7, 11) is 0. The van der Waals surface area contributed by atoms with Gasteiger partial charge in [0.2, 0.25) is 5.89 Å². The van der Waals surface area contributed by atoms with E-state index in [0.717, 1.165) is 31.4 Å². The van der Waals surface area contributed by atoms with Crippen molar-refractivity contribution in [2.45, 2.75) is 57.6 Å². The third-order valence-electron chi connectivity index (χ3n) is 4.60. The first-order valence-electron chi connectivity index (χ1n) is 8.64. The molecule has 0 bridgehead atoms. The van der Waals surface area contributed by atoms with Gasteiger partial charge in [0.05, 0.1) is 0 Å². The highest BCUT2D eigenvalue weighted by Crippen LogP contribution is 2.35. The molecule has 140 valence electrons. The average Bonchev–Trinajstić information content (AvgIpc) is 3.06. The second-order valence-electron chi connectivity index (χ2n) is 6.61. The summed E-state index contributed by atoms with van der Waals surface area (Å²) < 4.78 is 36.9. The van der Waals surface area contributed by atoms with Crippen molar-refractivity contribution in [3.05, 3.63) is 41.5 Å². The van der Waals surface area contributed by atoms with Crippen LogP contribution in [-0.4, -0.2) is 22.2 Å². The van der Waals surface area contributed by atoms with Crippen LogP contribution in [0.25, 0.3) is 0 Å². The van der Waals surface area contributed by atoms with E-state index in [1.54, 1.807) is 13.8 Å². The van der Waals surface area contributed by atoms with Crippen molar-refractivity contribution >= 4 is 5.91 Å². The van der Waals surface area contributed by atoms with Crippen LogP contribution in [0.3, 0.4) is 0 Å². The zero-order valence-electron chi connectivity index (χ0n) is 14.7. The number of hydrogen-bond acceptors (Lipinski definition) is 5. The average molecular weight is 365 g/mol. The van der Waals surface area contributed by atoms with Gasteiger partial charge in [-0.2, -0.15) is 4.98 Å². The van der Waals surface area contributed by atoms with E-state index >= 15 is 0 Å². The Hall–Kier alpha value is -2.51. The smallest absolute Gasteiger partial charge is 0.261 e. The van der Waals surface area contributed by atoms with Gasteiger partial charge in [0.25, 0.3) is 5.91 Å². The lowest BCUT2D eigenvalue weighted by Crippen LogP contribution is -2.51. The molecule has 1 aromatic heterocycles. The normalized spacial score (nSPS) is 17.5. The molecule has 1 saturated carbocycles. The molecule has 1 aromatic carbocycles. The fraction of sp³-hybridized carbons (Fsp3) is 0.500. The van der Waals surface area contributed by atoms with Crippen molar-refractivity contribution in [3.8, 4) is 5.75 Å². The van der Waals surface area contributed by atoms with Gasteiger partial charge >= 0.3 is 0 Å². The van der Waals surface area contributed by atoms with Crippen LogP contribution in [-0.2, 0) is 10.3 Å². The molecule has 1 N–H and O–H groups in total. The minimum Gasteiger partial charge on any atom is -0.481 e. The number of carbonyl (C=O) groups excluding carboxylic acids is 1. The number of nitrogens with one attached hydrogen (secondary N) is 1. The number of hydrogen-bond donors (Lipinski definition) is 1. The molecule has 1 heterocycles. The van der Waals surface area contributed by atoms with Crippen LogP contribution in [0.4, 0.5) is 8.78 Å². The first kappa shape index (κ1) is 18.3. The van der Waals surface area contributed by atoms with Crippen molar-refractivity contribution in [1.82, 2.24) is 15.5 Å². The summed E-state index contributed by atoms with van der Waals surface area (Å²) in [5, 5.41) is 6.99. The topological polar surface area (TPSA) is 77.2 Å². The summed E-state index contributed by atoms with van der Waals surface area (Å²) in [6, 6.07) is 3.15. The number of aryl methyl sites for hydroxylation is 1. The number of amides is 1. The standard InChI is InChI=1S/C18H21F2N3O3/c1-11(25-13-6-7-14(19)15(20)10-13)16(24)22-18(8-4-3-5-9-18)17-21-12(2)26-23-17/h6-7,10-11H,3-5,8-9H2,1-2H3,(H,22,24). The van der Waals surface area contributed by atoms with E-state index in [1.807, 2.05) is 0 Å². The van der Waals surface area contributed by atoms with E-state index in [4.69, 9.17) is 9.26 Å². The zero-order chi connectivity index (χ0) is 18.7. The van der Waals surface area contributed by atoms with E-state index in [1.165, 1.54) is 6.07 Å². The second-order valence-corrected chi connectivity index (χ2v) is 6.61. The number of carbonyl (C=O) groups is 1. The number of benzene rings is 1. The van der Waals surface area contributed by atoms with Gasteiger partial charge in [0.1, 0.15) is 11.3 Å². The highest BCUT2D eigenvalue weighted by Gasteiger charge is 2.40. The van der Waals surface area contributed by atoms with Crippen LogP contribution in [0.5, 0.6) is 5.75 Å². The summed E-state index contributed by atoms with van der Waals surface area (Å²) in [5.41, 5.74) is -0.696. The van der Waals surface area contributed by atoms with Crippen molar-refractivity contribution in [1.29, 1.82) is 0 Å². The molecule has 8 heteroatoms. The molecule has 0 radical (unpaired) electrons. The van der Waals surface area contributed by atoms with E-state index in [0.29, 0.717) is 24.6 Å². The van der Waals surface area contributed by atoms with Gasteiger partial charge in [0, 0.05) is 13.0 Å². The molecule has 1 aliphatic rings. The molecule has 6 nitrogen and oxygen atoms in total. The number of rotatable bonds is 5. The molecule has 1 amide bonds. The zero-order valence-corrected chi connectivity index (χ0v) is 14.7. The van der Waals surface area contributed by atoms with E-state index in [2.05, 4.69) is 15.5 Å². The van der Waals surface area contributed by atoms with Crippen molar-refractivity contribution in [2.75, 3.05) is 0 Å². The summed E-state index contributed by atoms with van der Waals surface area (Å²) >= 11 is 0. The largest absolute Gasteiger partial charge is 0.481 e. The maximum absolute atomic E-state index is 13.3. The maximum atomic E-state index is 13.3. The van der Waals surface area contributed by atoms with Crippen molar-refractivity contribution in [2.24, 2.45) is 0 Å². The van der Waals surface area contributed by atoms with Crippen LogP contribution in [0, 0.1) is 18.6 Å². The third-order valence-corrected chi connectivity index (χ3v) is 4.60. The minimum absolute atomic E-state index is 0.0830. The highest BCUT2D eigenvalue weighted by atomic mass is 19.2. The maximum Gasteiger partial charge on any atom is 0.261 e. The molecule has 1 aliphatic carbocycles. The fourth-order valence-corrected chi connectivity index (χ4v) is 3.20. The number of ether oxygens (including phenoxy) is 1. The molecule has 0 saturated heterocycles. The van der Waals surface area contributed by atoms with Crippen LogP contribution < -0.4 is 10.1 Å². The van der Waals surface area contributed by atoms with Gasteiger partial charge < -0.3 is 14.6 Å². The van der Waals surface area contributed by atoms with Gasteiger partial charge in [-0.3, -0.25) is 4.79 Å². The van der Waals surface area contributed by atoms with Crippen LogP contribution in [0.1, 0.15) is 50.7 Å². The lowest BCUT2D eigenvalue weighted by molar-refractivity contribution is -0.130. The van der Waals surface area contributed by atoms with Crippen molar-refractivity contribution < 1.29 is 22.8 Å². The van der Waals surface area contributed by atoms with Crippen molar-refractivity contribution in [3.63, 3.8) is 0 Å². The third kappa shape index (κ3) is 3.84. The Labute approximate surface area is 149 Å². The van der Waals surface area contributed by atoms with Gasteiger partial charge in [-0.15, -0.1) is 0 Å². The van der Waals surface area contributed by atoms with Gasteiger partial charge in [-0.1, -0.05) is 24.4 Å². The number of aromatic nitrogens is 2. The predicted molar refractivity (Wildman–Crippen MR) is 88.4 cm³/mol. The molecule has 3 rings (SSSR count). The summed E-state index contributed by atoms with van der Waals surface area (Å²) in [6.45, 7) is 3.25. The molecule has 1 fully saturated rings. The van der Waals surface area contributed by atoms with Crippen LogP contribution >= 0.6 is 0 Å². The summed E-state index contributed by atoms with van der Waals surface area (Å²) in [5.74, 6) is -1.39. The fourth-order valence-electron chi connectivity index (χ4n) is 3.20. The molecule has 0 spiro atoms. The Bertz CT molecular complexity index is 788. The summed E-state index contributed by atoms with van der Waals surface area (Å²) in [4.78, 5) is 17.0. The predicted octanol–water partition coefficient (Wildman–Crippen LogP) is 3.40. The van der Waals surface area contributed by atoms with E-state index in [-0.39, 0.29) is 11.7 Å². The number of halogens is 2. The Morgan fingerprint density at radius 1 is 1.27 bits per heavy atom. The Morgan fingerprint density at radius 2 is 2.00 bits per heavy atom. The lowest BCUT2D eigenvalue weighted by Gasteiger charge is -2.36. The minimum atomic E-state index is -1.03. The summed E-state index contributed by atoms with van der Waals surface area (Å²) in [6.07, 6.45) is 3.46. The lowest BCUT2D eigenvalue weighted by atomic mass is 9.81. The second kappa shape index (κ2) is 7.39. The molecular formula is C18H21F2N3O3. The Balaban J connectivity index is 1.73. The molecule has 1 unspecified atom stereocenters. The first-order valence-corrected chi connectivity index (χ1v) is 8.64. The van der Waals surface area contributed by atoms with Gasteiger partial charge in [-0.25, -0.2) is 8.78 Å². The van der Waals surface area contributed by atoms with E-state index < -0.39 is 23.3 Å². The molecular weight excluding hydrogens is 344 g/mol.